The Morgan fingerprint density at radius 1 is 1.35 bits per heavy atom. The summed E-state index contributed by atoms with van der Waals surface area (Å²) in [5.41, 5.74) is 0.741. The lowest BCUT2D eigenvalue weighted by Crippen LogP contribution is -2.49. The van der Waals surface area contributed by atoms with Gasteiger partial charge < -0.3 is 10.1 Å². The molecule has 0 spiro atoms. The van der Waals surface area contributed by atoms with E-state index < -0.39 is 17.7 Å². The van der Waals surface area contributed by atoms with Gasteiger partial charge in [0.25, 0.3) is 5.79 Å². The maximum absolute atomic E-state index is 13.6. The number of benzene rings is 1. The van der Waals surface area contributed by atoms with Gasteiger partial charge in [-0.2, -0.15) is 0 Å². The van der Waals surface area contributed by atoms with Crippen molar-refractivity contribution < 1.29 is 18.7 Å². The third kappa shape index (κ3) is 3.86. The Bertz CT molecular complexity index is 403. The van der Waals surface area contributed by atoms with Crippen LogP contribution in [0.3, 0.4) is 0 Å². The third-order valence-corrected chi connectivity index (χ3v) is 2.15. The van der Waals surface area contributed by atoms with E-state index in [2.05, 4.69) is 4.74 Å². The number of amides is 1. The second kappa shape index (κ2) is 5.43. The Balaban J connectivity index is 2.59. The van der Waals surface area contributed by atoms with Gasteiger partial charge in [0.15, 0.2) is 0 Å². The maximum atomic E-state index is 13.6. The Hall–Kier alpha value is -1.91. The third-order valence-electron chi connectivity index (χ3n) is 2.15. The van der Waals surface area contributed by atoms with Crippen LogP contribution in [-0.4, -0.2) is 24.8 Å². The normalized spacial score (nSPS) is 13.6. The lowest BCUT2D eigenvalue weighted by Gasteiger charge is -2.18. The largest absolute Gasteiger partial charge is 0.465 e. The predicted molar refractivity (Wildman–Crippen MR) is 59.8 cm³/mol. The minimum Gasteiger partial charge on any atom is -0.465 e. The highest BCUT2D eigenvalue weighted by Crippen LogP contribution is 2.08. The zero-order valence-corrected chi connectivity index (χ0v) is 9.70. The lowest BCUT2D eigenvalue weighted by molar-refractivity contribution is -0.158. The zero-order valence-electron chi connectivity index (χ0n) is 9.70. The zero-order chi connectivity index (χ0) is 12.9. The highest BCUT2D eigenvalue weighted by molar-refractivity contribution is 5.87. The number of halogens is 1. The van der Waals surface area contributed by atoms with Gasteiger partial charge >= 0.3 is 5.97 Å². The molecule has 1 N–H and O–H groups in total. The minimum absolute atomic E-state index is 0.0113. The molecule has 0 aliphatic rings. The molecule has 1 atom stereocenters. The van der Waals surface area contributed by atoms with Gasteiger partial charge in [-0.15, -0.1) is 0 Å². The predicted octanol–water partition coefficient (Wildman–Crippen LogP) is 1.20. The molecular formula is C12H14FNO3. The summed E-state index contributed by atoms with van der Waals surface area (Å²) >= 11 is 0. The lowest BCUT2D eigenvalue weighted by atomic mass is 10.1. The average molecular weight is 239 g/mol. The van der Waals surface area contributed by atoms with E-state index in [0.29, 0.717) is 0 Å². The van der Waals surface area contributed by atoms with Crippen LogP contribution in [0.4, 0.5) is 4.39 Å². The Morgan fingerprint density at radius 3 is 2.47 bits per heavy atom. The van der Waals surface area contributed by atoms with Crippen molar-refractivity contribution in [2.75, 3.05) is 7.11 Å². The van der Waals surface area contributed by atoms with Crippen LogP contribution in [0.2, 0.25) is 0 Å². The SMILES string of the molecule is COC(=O)C(C)(F)NC(=O)Cc1ccccc1. The fourth-order valence-corrected chi connectivity index (χ4v) is 1.33. The fraction of sp³-hybridized carbons (Fsp3) is 0.333. The van der Waals surface area contributed by atoms with E-state index >= 15 is 0 Å². The van der Waals surface area contributed by atoms with E-state index in [0.717, 1.165) is 19.6 Å². The molecule has 0 aliphatic carbocycles. The number of rotatable bonds is 4. The van der Waals surface area contributed by atoms with E-state index in [1.54, 1.807) is 24.3 Å². The van der Waals surface area contributed by atoms with Crippen molar-refractivity contribution in [2.24, 2.45) is 0 Å². The first kappa shape index (κ1) is 13.2. The van der Waals surface area contributed by atoms with E-state index in [9.17, 15) is 14.0 Å². The molecule has 0 radical (unpaired) electrons. The molecule has 1 rings (SSSR count). The average Bonchev–Trinajstić information content (AvgIpc) is 2.28. The molecule has 0 fully saturated rings. The van der Waals surface area contributed by atoms with Gasteiger partial charge in [-0.25, -0.2) is 9.18 Å². The van der Waals surface area contributed by atoms with Crippen LogP contribution < -0.4 is 5.32 Å². The second-order valence-corrected chi connectivity index (χ2v) is 3.71. The Labute approximate surface area is 98.8 Å². The number of alkyl halides is 1. The van der Waals surface area contributed by atoms with Gasteiger partial charge in [-0.3, -0.25) is 4.79 Å². The van der Waals surface area contributed by atoms with E-state index in [-0.39, 0.29) is 6.42 Å². The van der Waals surface area contributed by atoms with Crippen LogP contribution in [0.5, 0.6) is 0 Å². The highest BCUT2D eigenvalue weighted by atomic mass is 19.1. The van der Waals surface area contributed by atoms with E-state index in [1.165, 1.54) is 0 Å². The summed E-state index contributed by atoms with van der Waals surface area (Å²) in [6, 6.07) is 8.85. The van der Waals surface area contributed by atoms with Crippen molar-refractivity contribution in [1.82, 2.24) is 5.32 Å². The van der Waals surface area contributed by atoms with Crippen molar-refractivity contribution in [3.8, 4) is 0 Å². The first-order valence-electron chi connectivity index (χ1n) is 5.08. The topological polar surface area (TPSA) is 55.4 Å². The molecule has 0 aliphatic heterocycles. The minimum atomic E-state index is -2.50. The second-order valence-electron chi connectivity index (χ2n) is 3.71. The van der Waals surface area contributed by atoms with Crippen LogP contribution in [0, 0.1) is 0 Å². The summed E-state index contributed by atoms with van der Waals surface area (Å²) in [5.74, 6) is -4.20. The molecule has 0 aromatic heterocycles. The first-order chi connectivity index (χ1) is 7.95. The smallest absolute Gasteiger partial charge is 0.364 e. The van der Waals surface area contributed by atoms with Gasteiger partial charge in [0.2, 0.25) is 5.91 Å². The van der Waals surface area contributed by atoms with Crippen LogP contribution in [0.25, 0.3) is 0 Å². The van der Waals surface area contributed by atoms with Crippen LogP contribution in [0.15, 0.2) is 30.3 Å². The summed E-state index contributed by atoms with van der Waals surface area (Å²) in [4.78, 5) is 22.5. The molecule has 5 heteroatoms. The van der Waals surface area contributed by atoms with Crippen molar-refractivity contribution in [1.29, 1.82) is 0 Å². The Kier molecular flexibility index (Phi) is 4.20. The number of carbonyl (C=O) groups excluding carboxylic acids is 2. The molecule has 1 aromatic rings. The fourth-order valence-electron chi connectivity index (χ4n) is 1.33. The van der Waals surface area contributed by atoms with Crippen LogP contribution >= 0.6 is 0 Å². The molecule has 1 amide bonds. The number of methoxy groups -OCH3 is 1. The molecule has 0 bridgehead atoms. The standard InChI is InChI=1S/C12H14FNO3/c1-12(13,11(16)17-2)14-10(15)8-9-6-4-3-5-7-9/h3-7H,8H2,1-2H3,(H,14,15). The molecule has 0 saturated carbocycles. The number of carbonyl (C=O) groups is 2. The molecule has 4 nitrogen and oxygen atoms in total. The van der Waals surface area contributed by atoms with Crippen molar-refractivity contribution in [3.63, 3.8) is 0 Å². The molecular weight excluding hydrogens is 225 g/mol. The number of hydrogen-bond acceptors (Lipinski definition) is 3. The van der Waals surface area contributed by atoms with Gasteiger partial charge in [-0.05, 0) is 12.5 Å². The van der Waals surface area contributed by atoms with Crippen LogP contribution in [0.1, 0.15) is 12.5 Å². The first-order valence-corrected chi connectivity index (χ1v) is 5.08. The summed E-state index contributed by atoms with van der Waals surface area (Å²) in [6.45, 7) is 0.946. The highest BCUT2D eigenvalue weighted by Gasteiger charge is 2.35. The van der Waals surface area contributed by atoms with Gasteiger partial charge in [0.1, 0.15) is 0 Å². The molecule has 0 heterocycles. The number of nitrogens with one attached hydrogen (secondary N) is 1. The van der Waals surface area contributed by atoms with Crippen molar-refractivity contribution >= 4 is 11.9 Å². The number of ether oxygens (including phenoxy) is 1. The number of hydrogen-bond donors (Lipinski definition) is 1. The molecule has 92 valence electrons. The monoisotopic (exact) mass is 239 g/mol. The molecule has 1 aromatic carbocycles. The van der Waals surface area contributed by atoms with Crippen molar-refractivity contribution in [3.05, 3.63) is 35.9 Å². The maximum Gasteiger partial charge on any atom is 0.364 e. The number of esters is 1. The van der Waals surface area contributed by atoms with E-state index in [4.69, 9.17) is 0 Å². The summed E-state index contributed by atoms with van der Waals surface area (Å²) in [6.07, 6.45) is 0.0113. The Morgan fingerprint density at radius 2 is 1.94 bits per heavy atom. The summed E-state index contributed by atoms with van der Waals surface area (Å²) in [5, 5.41) is 1.98. The summed E-state index contributed by atoms with van der Waals surface area (Å²) in [7, 11) is 1.06. The van der Waals surface area contributed by atoms with Gasteiger partial charge in [-0.1, -0.05) is 30.3 Å². The van der Waals surface area contributed by atoms with Crippen molar-refractivity contribution in [2.45, 2.75) is 19.1 Å². The van der Waals surface area contributed by atoms with Gasteiger partial charge in [0.05, 0.1) is 13.5 Å². The summed E-state index contributed by atoms with van der Waals surface area (Å²) < 4.78 is 17.9. The van der Waals surface area contributed by atoms with Crippen LogP contribution in [-0.2, 0) is 20.7 Å². The van der Waals surface area contributed by atoms with Gasteiger partial charge in [0, 0.05) is 0 Å². The quantitative estimate of drug-likeness (QED) is 0.634. The molecule has 17 heavy (non-hydrogen) atoms. The molecule has 0 saturated heterocycles. The van der Waals surface area contributed by atoms with E-state index in [1.807, 2.05) is 11.4 Å². The molecule has 1 unspecified atom stereocenters.